The van der Waals surface area contributed by atoms with Crippen molar-refractivity contribution in [2.24, 2.45) is 0 Å². The summed E-state index contributed by atoms with van der Waals surface area (Å²) in [6.45, 7) is 1.65. The molecule has 4 heteroatoms. The van der Waals surface area contributed by atoms with E-state index in [9.17, 15) is 14.3 Å². The first kappa shape index (κ1) is 13.0. The Morgan fingerprint density at radius 1 is 1.56 bits per heavy atom. The lowest BCUT2D eigenvalue weighted by Crippen LogP contribution is -2.36. The smallest absolute Gasteiger partial charge is 0.316 e. The van der Waals surface area contributed by atoms with Gasteiger partial charge in [0, 0.05) is 0 Å². The van der Waals surface area contributed by atoms with Crippen molar-refractivity contribution in [1.82, 2.24) is 0 Å². The number of rotatable bonds is 2. The molecule has 2 atom stereocenters. The van der Waals surface area contributed by atoms with Gasteiger partial charge in [-0.05, 0) is 43.4 Å². The van der Waals surface area contributed by atoms with E-state index in [4.69, 9.17) is 4.74 Å². The summed E-state index contributed by atoms with van der Waals surface area (Å²) in [5, 5.41) is 9.73. The van der Waals surface area contributed by atoms with E-state index in [2.05, 4.69) is 0 Å². The van der Waals surface area contributed by atoms with Crippen molar-refractivity contribution in [2.75, 3.05) is 7.11 Å². The molecule has 1 aromatic rings. The van der Waals surface area contributed by atoms with Gasteiger partial charge in [-0.15, -0.1) is 0 Å². The second-order valence-electron chi connectivity index (χ2n) is 4.88. The predicted octanol–water partition coefficient (Wildman–Crippen LogP) is 2.09. The van der Waals surface area contributed by atoms with Crippen molar-refractivity contribution in [1.29, 1.82) is 0 Å². The Kier molecular flexibility index (Phi) is 3.39. The minimum absolute atomic E-state index is 0.296. The number of ether oxygens (including phenoxy) is 1. The molecule has 2 rings (SSSR count). The molecule has 98 valence electrons. The Labute approximate surface area is 106 Å². The van der Waals surface area contributed by atoms with Crippen LogP contribution < -0.4 is 0 Å². The van der Waals surface area contributed by atoms with Gasteiger partial charge >= 0.3 is 5.97 Å². The largest absolute Gasteiger partial charge is 0.468 e. The third kappa shape index (κ3) is 1.90. The fourth-order valence-electron chi connectivity index (χ4n) is 2.88. The Bertz CT molecular complexity index is 472. The molecule has 0 spiro atoms. The lowest BCUT2D eigenvalue weighted by molar-refractivity contribution is -0.147. The summed E-state index contributed by atoms with van der Waals surface area (Å²) < 4.78 is 18.5. The molecule has 1 aliphatic carbocycles. The van der Waals surface area contributed by atoms with Crippen molar-refractivity contribution in [3.63, 3.8) is 0 Å². The molecule has 0 aliphatic heterocycles. The van der Waals surface area contributed by atoms with Crippen LogP contribution in [0.1, 0.15) is 30.4 Å². The summed E-state index contributed by atoms with van der Waals surface area (Å²) in [7, 11) is 1.32. The number of benzene rings is 1. The van der Waals surface area contributed by atoms with E-state index in [-0.39, 0.29) is 5.82 Å². The molecule has 0 radical (unpaired) electrons. The molecule has 0 bridgehead atoms. The lowest BCUT2D eigenvalue weighted by atomic mass is 9.76. The number of carbonyl (C=O) groups excluding carboxylic acids is 1. The van der Waals surface area contributed by atoms with Crippen molar-refractivity contribution >= 4 is 5.97 Å². The number of hydrogen-bond donors (Lipinski definition) is 1. The van der Waals surface area contributed by atoms with Crippen LogP contribution in [0, 0.1) is 12.7 Å². The Morgan fingerprint density at radius 2 is 2.28 bits per heavy atom. The highest BCUT2D eigenvalue weighted by molar-refractivity contribution is 5.84. The molecule has 0 amide bonds. The first-order valence-corrected chi connectivity index (χ1v) is 6.03. The second-order valence-corrected chi connectivity index (χ2v) is 4.88. The average molecular weight is 252 g/mol. The Hall–Kier alpha value is -1.42. The van der Waals surface area contributed by atoms with Crippen molar-refractivity contribution in [3.8, 4) is 0 Å². The number of aliphatic hydroxyl groups is 1. The van der Waals surface area contributed by atoms with E-state index in [0.717, 1.165) is 0 Å². The van der Waals surface area contributed by atoms with Crippen LogP contribution in [0.2, 0.25) is 0 Å². The number of halogens is 1. The maximum Gasteiger partial charge on any atom is 0.316 e. The summed E-state index contributed by atoms with van der Waals surface area (Å²) in [5.74, 6) is -0.732. The predicted molar refractivity (Wildman–Crippen MR) is 64.7 cm³/mol. The highest BCUT2D eigenvalue weighted by Crippen LogP contribution is 2.43. The van der Waals surface area contributed by atoms with Crippen LogP contribution in [0.4, 0.5) is 4.39 Å². The first-order valence-electron chi connectivity index (χ1n) is 6.03. The van der Waals surface area contributed by atoms with Gasteiger partial charge in [-0.3, -0.25) is 4.79 Å². The molecule has 0 saturated heterocycles. The number of aliphatic hydroxyl groups excluding tert-OH is 1. The fourth-order valence-corrected chi connectivity index (χ4v) is 2.88. The molecule has 1 fully saturated rings. The summed E-state index contributed by atoms with van der Waals surface area (Å²) in [6.07, 6.45) is 0.784. The van der Waals surface area contributed by atoms with Crippen LogP contribution >= 0.6 is 0 Å². The zero-order chi connectivity index (χ0) is 13.3. The van der Waals surface area contributed by atoms with Gasteiger partial charge in [0.25, 0.3) is 0 Å². The monoisotopic (exact) mass is 252 g/mol. The van der Waals surface area contributed by atoms with Gasteiger partial charge in [-0.2, -0.15) is 0 Å². The lowest BCUT2D eigenvalue weighted by Gasteiger charge is -2.28. The van der Waals surface area contributed by atoms with E-state index >= 15 is 0 Å². The third-order valence-electron chi connectivity index (χ3n) is 3.85. The molecule has 3 nitrogen and oxygen atoms in total. The van der Waals surface area contributed by atoms with E-state index < -0.39 is 17.5 Å². The molecular formula is C14H17FO3. The molecular weight excluding hydrogens is 235 g/mol. The second kappa shape index (κ2) is 4.69. The Morgan fingerprint density at radius 3 is 2.83 bits per heavy atom. The topological polar surface area (TPSA) is 46.5 Å². The molecule has 1 N–H and O–H groups in total. The van der Waals surface area contributed by atoms with Gasteiger partial charge in [0.15, 0.2) is 0 Å². The highest BCUT2D eigenvalue weighted by Gasteiger charge is 2.48. The normalized spacial score (nSPS) is 27.2. The van der Waals surface area contributed by atoms with E-state index in [1.54, 1.807) is 19.1 Å². The van der Waals surface area contributed by atoms with Gasteiger partial charge in [0.1, 0.15) is 5.82 Å². The van der Waals surface area contributed by atoms with Gasteiger partial charge in [0.05, 0.1) is 18.6 Å². The molecule has 18 heavy (non-hydrogen) atoms. The van der Waals surface area contributed by atoms with Crippen LogP contribution in [-0.2, 0) is 14.9 Å². The maximum absolute atomic E-state index is 13.7. The minimum Gasteiger partial charge on any atom is -0.468 e. The average Bonchev–Trinajstić information content (AvgIpc) is 2.75. The van der Waals surface area contributed by atoms with Crippen LogP contribution in [0.15, 0.2) is 18.2 Å². The molecule has 1 unspecified atom stereocenters. The molecule has 1 saturated carbocycles. The standard InChI is InChI=1S/C14H17FO3/c1-9-11(4-3-5-12(9)15)14(13(17)18-2)7-6-10(16)8-14/h3-5,10,16H,6-8H2,1-2H3/t10-,14?/m0/s1. The number of esters is 1. The maximum atomic E-state index is 13.7. The summed E-state index contributed by atoms with van der Waals surface area (Å²) in [5.41, 5.74) is 0.184. The quantitative estimate of drug-likeness (QED) is 0.820. The van der Waals surface area contributed by atoms with Crippen LogP contribution in [0.5, 0.6) is 0 Å². The van der Waals surface area contributed by atoms with E-state index in [0.29, 0.717) is 30.4 Å². The molecule has 0 aromatic heterocycles. The van der Waals surface area contributed by atoms with Gasteiger partial charge in [-0.1, -0.05) is 12.1 Å². The number of hydrogen-bond acceptors (Lipinski definition) is 3. The third-order valence-corrected chi connectivity index (χ3v) is 3.85. The van der Waals surface area contributed by atoms with E-state index in [1.807, 2.05) is 0 Å². The van der Waals surface area contributed by atoms with Crippen molar-refractivity contribution in [2.45, 2.75) is 37.7 Å². The van der Waals surface area contributed by atoms with Gasteiger partial charge in [0.2, 0.25) is 0 Å². The first-order chi connectivity index (χ1) is 8.51. The molecule has 1 aromatic carbocycles. The van der Waals surface area contributed by atoms with Gasteiger partial charge < -0.3 is 9.84 Å². The summed E-state index contributed by atoms with van der Waals surface area (Å²) >= 11 is 0. The van der Waals surface area contributed by atoms with Crippen LogP contribution in [0.25, 0.3) is 0 Å². The molecule has 0 heterocycles. The molecule has 1 aliphatic rings. The Balaban J connectivity index is 2.54. The summed E-state index contributed by atoms with van der Waals surface area (Å²) in [4.78, 5) is 12.1. The zero-order valence-corrected chi connectivity index (χ0v) is 10.6. The highest BCUT2D eigenvalue weighted by atomic mass is 19.1. The minimum atomic E-state index is -0.902. The SMILES string of the molecule is COC(=O)C1(c2cccc(F)c2C)CC[C@H](O)C1. The zero-order valence-electron chi connectivity index (χ0n) is 10.6. The van der Waals surface area contributed by atoms with Crippen LogP contribution in [-0.4, -0.2) is 24.3 Å². The summed E-state index contributed by atoms with van der Waals surface area (Å²) in [6, 6.07) is 4.70. The fraction of sp³-hybridized carbons (Fsp3) is 0.500. The van der Waals surface area contributed by atoms with Crippen molar-refractivity contribution in [3.05, 3.63) is 35.1 Å². The van der Waals surface area contributed by atoms with Gasteiger partial charge in [-0.25, -0.2) is 4.39 Å². The van der Waals surface area contributed by atoms with E-state index in [1.165, 1.54) is 13.2 Å². The van der Waals surface area contributed by atoms with Crippen LogP contribution in [0.3, 0.4) is 0 Å². The van der Waals surface area contributed by atoms with Crippen molar-refractivity contribution < 1.29 is 19.0 Å². The number of carbonyl (C=O) groups is 1. The number of methoxy groups -OCH3 is 1.